The second kappa shape index (κ2) is 6.94. The Labute approximate surface area is 117 Å². The van der Waals surface area contributed by atoms with Crippen LogP contribution < -0.4 is 15.2 Å². The van der Waals surface area contributed by atoms with Gasteiger partial charge in [0.25, 0.3) is 0 Å². The van der Waals surface area contributed by atoms with Crippen LogP contribution in [0.25, 0.3) is 0 Å². The van der Waals surface area contributed by atoms with Crippen LogP contribution >= 0.6 is 12.2 Å². The SMILES string of the molecule is CCOc1cc(C(N)=S)ccc1OC(CC)C(=O)O. The van der Waals surface area contributed by atoms with Crippen molar-refractivity contribution < 1.29 is 19.4 Å². The van der Waals surface area contributed by atoms with Gasteiger partial charge >= 0.3 is 5.97 Å². The van der Waals surface area contributed by atoms with Crippen molar-refractivity contribution in [3.8, 4) is 11.5 Å². The highest BCUT2D eigenvalue weighted by Crippen LogP contribution is 2.29. The number of rotatable bonds is 7. The smallest absolute Gasteiger partial charge is 0.344 e. The summed E-state index contributed by atoms with van der Waals surface area (Å²) in [5.41, 5.74) is 6.19. The Morgan fingerprint density at radius 1 is 1.42 bits per heavy atom. The van der Waals surface area contributed by atoms with Gasteiger partial charge < -0.3 is 20.3 Å². The van der Waals surface area contributed by atoms with Gasteiger partial charge in [-0.3, -0.25) is 0 Å². The lowest BCUT2D eigenvalue weighted by atomic mass is 10.2. The molecule has 0 radical (unpaired) electrons. The van der Waals surface area contributed by atoms with E-state index in [4.69, 9.17) is 32.5 Å². The molecule has 0 amide bonds. The van der Waals surface area contributed by atoms with Gasteiger partial charge in [-0.1, -0.05) is 19.1 Å². The molecular formula is C13H17NO4S. The van der Waals surface area contributed by atoms with Crippen molar-refractivity contribution in [1.82, 2.24) is 0 Å². The van der Waals surface area contributed by atoms with Gasteiger partial charge in [0.1, 0.15) is 4.99 Å². The van der Waals surface area contributed by atoms with E-state index in [1.54, 1.807) is 25.1 Å². The first-order valence-electron chi connectivity index (χ1n) is 5.95. The fourth-order valence-electron chi connectivity index (χ4n) is 1.49. The van der Waals surface area contributed by atoms with Crippen LogP contribution in [0.4, 0.5) is 0 Å². The Bertz CT molecular complexity index is 476. The zero-order chi connectivity index (χ0) is 14.4. The van der Waals surface area contributed by atoms with Crippen LogP contribution in [0.1, 0.15) is 25.8 Å². The molecule has 1 rings (SSSR count). The minimum Gasteiger partial charge on any atom is -0.490 e. The van der Waals surface area contributed by atoms with E-state index in [1.807, 2.05) is 6.92 Å². The van der Waals surface area contributed by atoms with Gasteiger partial charge in [-0.25, -0.2) is 4.79 Å². The number of hydrogen-bond acceptors (Lipinski definition) is 4. The minimum atomic E-state index is -1.01. The van der Waals surface area contributed by atoms with E-state index in [0.29, 0.717) is 30.1 Å². The molecule has 0 spiro atoms. The van der Waals surface area contributed by atoms with E-state index in [9.17, 15) is 4.79 Å². The minimum absolute atomic E-state index is 0.248. The monoisotopic (exact) mass is 283 g/mol. The highest BCUT2D eigenvalue weighted by atomic mass is 32.1. The molecule has 0 fully saturated rings. The molecule has 1 aromatic rings. The van der Waals surface area contributed by atoms with E-state index >= 15 is 0 Å². The van der Waals surface area contributed by atoms with Crippen LogP contribution in [-0.2, 0) is 4.79 Å². The van der Waals surface area contributed by atoms with Crippen molar-refractivity contribution in [2.45, 2.75) is 26.4 Å². The molecule has 0 aliphatic carbocycles. The third-order valence-corrected chi connectivity index (χ3v) is 2.68. The van der Waals surface area contributed by atoms with Gasteiger partial charge in [0.15, 0.2) is 17.6 Å². The molecule has 3 N–H and O–H groups in total. The lowest BCUT2D eigenvalue weighted by Crippen LogP contribution is -2.26. The molecule has 0 saturated heterocycles. The first-order chi connectivity index (χ1) is 8.99. The zero-order valence-corrected chi connectivity index (χ0v) is 11.7. The third kappa shape index (κ3) is 4.10. The molecule has 5 nitrogen and oxygen atoms in total. The highest BCUT2D eigenvalue weighted by molar-refractivity contribution is 7.80. The first-order valence-corrected chi connectivity index (χ1v) is 6.36. The third-order valence-electron chi connectivity index (χ3n) is 2.44. The maximum atomic E-state index is 11.0. The molecule has 0 bridgehead atoms. The number of hydrogen-bond donors (Lipinski definition) is 2. The van der Waals surface area contributed by atoms with E-state index in [-0.39, 0.29) is 4.99 Å². The Kier molecular flexibility index (Phi) is 5.57. The molecule has 0 aromatic heterocycles. The second-order valence-corrected chi connectivity index (χ2v) is 4.25. The summed E-state index contributed by atoms with van der Waals surface area (Å²) in [6, 6.07) is 4.94. The summed E-state index contributed by atoms with van der Waals surface area (Å²) in [5.74, 6) is -0.202. The Morgan fingerprint density at radius 2 is 2.11 bits per heavy atom. The second-order valence-electron chi connectivity index (χ2n) is 3.81. The van der Waals surface area contributed by atoms with Crippen LogP contribution in [0, 0.1) is 0 Å². The average Bonchev–Trinajstić information content (AvgIpc) is 2.36. The number of carbonyl (C=O) groups is 1. The molecule has 0 saturated carbocycles. The average molecular weight is 283 g/mol. The molecule has 1 aromatic carbocycles. The number of carboxylic acid groups (broad SMARTS) is 1. The van der Waals surface area contributed by atoms with Crippen molar-refractivity contribution in [2.75, 3.05) is 6.61 Å². The lowest BCUT2D eigenvalue weighted by molar-refractivity contribution is -0.145. The van der Waals surface area contributed by atoms with Crippen molar-refractivity contribution in [2.24, 2.45) is 5.73 Å². The van der Waals surface area contributed by atoms with Crippen molar-refractivity contribution in [3.63, 3.8) is 0 Å². The summed E-state index contributed by atoms with van der Waals surface area (Å²) >= 11 is 4.89. The number of thiocarbonyl (C=S) groups is 1. The van der Waals surface area contributed by atoms with Gasteiger partial charge in [0, 0.05) is 5.56 Å². The largest absolute Gasteiger partial charge is 0.490 e. The Morgan fingerprint density at radius 3 is 2.58 bits per heavy atom. The lowest BCUT2D eigenvalue weighted by Gasteiger charge is -2.17. The summed E-state index contributed by atoms with van der Waals surface area (Å²) in [6.45, 7) is 4.00. The quantitative estimate of drug-likeness (QED) is 0.744. The van der Waals surface area contributed by atoms with Gasteiger partial charge in [0.2, 0.25) is 0 Å². The fraction of sp³-hybridized carbons (Fsp3) is 0.385. The normalized spacial score (nSPS) is 11.7. The Balaban J connectivity index is 3.05. The maximum absolute atomic E-state index is 11.0. The fourth-order valence-corrected chi connectivity index (χ4v) is 1.62. The number of benzene rings is 1. The predicted octanol–water partition coefficient (Wildman–Crippen LogP) is 1.96. The molecule has 104 valence electrons. The van der Waals surface area contributed by atoms with Crippen molar-refractivity contribution in [1.29, 1.82) is 0 Å². The molecule has 1 atom stereocenters. The summed E-state index contributed by atoms with van der Waals surface area (Å²) in [5, 5.41) is 8.99. The molecule has 0 aliphatic rings. The molecule has 19 heavy (non-hydrogen) atoms. The van der Waals surface area contributed by atoms with Crippen molar-refractivity contribution >= 4 is 23.2 Å². The van der Waals surface area contributed by atoms with Gasteiger partial charge in [-0.05, 0) is 31.5 Å². The maximum Gasteiger partial charge on any atom is 0.344 e. The zero-order valence-electron chi connectivity index (χ0n) is 10.9. The topological polar surface area (TPSA) is 81.8 Å². The first kappa shape index (κ1) is 15.2. The van der Waals surface area contributed by atoms with Crippen LogP contribution in [0.5, 0.6) is 11.5 Å². The van der Waals surface area contributed by atoms with Crippen LogP contribution in [0.3, 0.4) is 0 Å². The number of carboxylic acids is 1. The van der Waals surface area contributed by atoms with Gasteiger partial charge in [-0.2, -0.15) is 0 Å². The van der Waals surface area contributed by atoms with Crippen LogP contribution in [-0.4, -0.2) is 28.8 Å². The van der Waals surface area contributed by atoms with Crippen molar-refractivity contribution in [3.05, 3.63) is 23.8 Å². The molecule has 6 heteroatoms. The van der Waals surface area contributed by atoms with E-state index in [2.05, 4.69) is 0 Å². The highest BCUT2D eigenvalue weighted by Gasteiger charge is 2.19. The summed E-state index contributed by atoms with van der Waals surface area (Å²) in [7, 11) is 0. The van der Waals surface area contributed by atoms with Crippen LogP contribution in [0.15, 0.2) is 18.2 Å². The number of ether oxygens (including phenoxy) is 2. The molecular weight excluding hydrogens is 266 g/mol. The standard InChI is InChI=1S/C13H17NO4S/c1-3-9(13(15)16)18-10-6-5-8(12(14)19)7-11(10)17-4-2/h5-7,9H,3-4H2,1-2H3,(H2,14,19)(H,15,16). The number of nitrogens with two attached hydrogens (primary N) is 1. The van der Waals surface area contributed by atoms with E-state index < -0.39 is 12.1 Å². The van der Waals surface area contributed by atoms with Gasteiger partial charge in [-0.15, -0.1) is 0 Å². The van der Waals surface area contributed by atoms with E-state index in [1.165, 1.54) is 0 Å². The molecule has 0 heterocycles. The summed E-state index contributed by atoms with van der Waals surface area (Å²) in [4.78, 5) is 11.2. The summed E-state index contributed by atoms with van der Waals surface area (Å²) < 4.78 is 10.9. The molecule has 1 unspecified atom stereocenters. The van der Waals surface area contributed by atoms with E-state index in [0.717, 1.165) is 0 Å². The predicted molar refractivity (Wildman–Crippen MR) is 75.8 cm³/mol. The summed E-state index contributed by atoms with van der Waals surface area (Å²) in [6.07, 6.45) is -0.548. The Hall–Kier alpha value is -1.82. The van der Waals surface area contributed by atoms with Gasteiger partial charge in [0.05, 0.1) is 6.61 Å². The number of aliphatic carboxylic acids is 1. The van der Waals surface area contributed by atoms with Crippen LogP contribution in [0.2, 0.25) is 0 Å². The molecule has 0 aliphatic heterocycles.